The van der Waals surface area contributed by atoms with E-state index in [9.17, 15) is 22.8 Å². The number of thiophene rings is 2. The van der Waals surface area contributed by atoms with Gasteiger partial charge in [0.2, 0.25) is 0 Å². The average molecular weight is 531 g/mol. The Balaban J connectivity index is 1.41. The fourth-order valence-electron chi connectivity index (χ4n) is 4.42. The molecule has 0 saturated heterocycles. The molecule has 5 nitrogen and oxygen atoms in total. The number of ether oxygens (including phenoxy) is 1. The lowest BCUT2D eigenvalue weighted by molar-refractivity contribution is -0.140. The smallest absolute Gasteiger partial charge is 0.417 e. The number of carbonyl (C=O) groups excluding carboxylic acids is 2. The Morgan fingerprint density at radius 2 is 1.89 bits per heavy atom. The minimum atomic E-state index is -4.63. The Hall–Kier alpha value is -3.24. The third kappa shape index (κ3) is 4.51. The number of benzene rings is 1. The fraction of sp³-hybridized carbons (Fsp3) is 0.269. The van der Waals surface area contributed by atoms with Crippen molar-refractivity contribution in [1.29, 1.82) is 0 Å². The number of amides is 1. The molecule has 1 aliphatic heterocycles. The van der Waals surface area contributed by atoms with Gasteiger partial charge in [-0.25, -0.2) is 9.78 Å². The summed E-state index contributed by atoms with van der Waals surface area (Å²) in [5.41, 5.74) is 1.72. The summed E-state index contributed by atoms with van der Waals surface area (Å²) in [6.45, 7) is 3.86. The molecular formula is C26H21F3N2O3S2. The molecule has 0 N–H and O–H groups in total. The van der Waals surface area contributed by atoms with E-state index in [1.165, 1.54) is 30.7 Å². The zero-order valence-corrected chi connectivity index (χ0v) is 21.0. The minimum Gasteiger partial charge on any atom is -0.448 e. The van der Waals surface area contributed by atoms with Gasteiger partial charge < -0.3 is 9.64 Å². The summed E-state index contributed by atoms with van der Waals surface area (Å²) in [4.78, 5) is 32.8. The maximum Gasteiger partial charge on any atom is 0.417 e. The number of hydrogen-bond acceptors (Lipinski definition) is 6. The summed E-state index contributed by atoms with van der Waals surface area (Å²) < 4.78 is 47.4. The SMILES string of the molecule is Cc1c(C(=O)O[C@@H](C)C(=O)N2CCc3ccccc3C2)sc2nc(-c3cccs3)cc(C(F)(F)F)c12. The number of esters is 1. The van der Waals surface area contributed by atoms with Crippen LogP contribution in [0.2, 0.25) is 0 Å². The lowest BCUT2D eigenvalue weighted by Crippen LogP contribution is -2.42. The molecule has 0 radical (unpaired) electrons. The van der Waals surface area contributed by atoms with E-state index in [1.807, 2.05) is 24.3 Å². The number of nitrogens with zero attached hydrogens (tertiary/aromatic N) is 2. The normalized spacial score (nSPS) is 14.5. The molecule has 0 spiro atoms. The predicted octanol–water partition coefficient (Wildman–Crippen LogP) is 6.48. The van der Waals surface area contributed by atoms with Gasteiger partial charge in [0.1, 0.15) is 9.71 Å². The van der Waals surface area contributed by atoms with Crippen LogP contribution in [-0.4, -0.2) is 34.4 Å². The van der Waals surface area contributed by atoms with Crippen molar-refractivity contribution in [3.8, 4) is 10.6 Å². The van der Waals surface area contributed by atoms with E-state index in [0.29, 0.717) is 24.4 Å². The number of aromatic nitrogens is 1. The van der Waals surface area contributed by atoms with Crippen LogP contribution in [0.3, 0.4) is 0 Å². The zero-order valence-electron chi connectivity index (χ0n) is 19.4. The third-order valence-corrected chi connectivity index (χ3v) is 8.30. The van der Waals surface area contributed by atoms with Crippen LogP contribution in [0.25, 0.3) is 20.8 Å². The maximum absolute atomic E-state index is 14.0. The molecule has 3 aromatic heterocycles. The van der Waals surface area contributed by atoms with Crippen molar-refractivity contribution in [3.05, 3.63) is 75.0 Å². The highest BCUT2D eigenvalue weighted by atomic mass is 32.1. The lowest BCUT2D eigenvalue weighted by Gasteiger charge is -2.30. The molecule has 10 heteroatoms. The molecule has 186 valence electrons. The van der Waals surface area contributed by atoms with Gasteiger partial charge in [-0.15, -0.1) is 22.7 Å². The molecule has 1 aromatic carbocycles. The van der Waals surface area contributed by atoms with Crippen molar-refractivity contribution in [1.82, 2.24) is 9.88 Å². The van der Waals surface area contributed by atoms with Gasteiger partial charge in [0, 0.05) is 18.5 Å². The Bertz CT molecular complexity index is 1460. The largest absolute Gasteiger partial charge is 0.448 e. The van der Waals surface area contributed by atoms with E-state index in [1.54, 1.807) is 22.4 Å². The second-order valence-electron chi connectivity index (χ2n) is 8.59. The molecule has 0 aliphatic carbocycles. The highest BCUT2D eigenvalue weighted by Crippen LogP contribution is 2.42. The number of aryl methyl sites for hydroxylation is 1. The van der Waals surface area contributed by atoms with Gasteiger partial charge in [0.25, 0.3) is 5.91 Å². The molecule has 0 unspecified atom stereocenters. The monoisotopic (exact) mass is 530 g/mol. The van der Waals surface area contributed by atoms with Crippen LogP contribution in [0, 0.1) is 6.92 Å². The predicted molar refractivity (Wildman–Crippen MR) is 133 cm³/mol. The number of carbonyl (C=O) groups is 2. The number of fused-ring (bicyclic) bond motifs is 2. The minimum absolute atomic E-state index is 0.00923. The molecular weight excluding hydrogens is 509 g/mol. The number of halogens is 3. The number of hydrogen-bond donors (Lipinski definition) is 0. The van der Waals surface area contributed by atoms with E-state index in [-0.39, 0.29) is 32.3 Å². The Kier molecular flexibility index (Phi) is 6.34. The van der Waals surface area contributed by atoms with Crippen LogP contribution in [-0.2, 0) is 28.7 Å². The molecule has 5 rings (SSSR count). The fourth-order valence-corrected chi connectivity index (χ4v) is 6.19. The Labute approximate surface area is 213 Å². The topological polar surface area (TPSA) is 59.5 Å². The van der Waals surface area contributed by atoms with Gasteiger partial charge in [-0.1, -0.05) is 30.3 Å². The number of rotatable bonds is 4. The lowest BCUT2D eigenvalue weighted by atomic mass is 9.99. The van der Waals surface area contributed by atoms with E-state index in [2.05, 4.69) is 4.98 Å². The molecule has 0 saturated carbocycles. The van der Waals surface area contributed by atoms with Crippen LogP contribution >= 0.6 is 22.7 Å². The summed E-state index contributed by atoms with van der Waals surface area (Å²) in [5, 5.41) is 1.64. The van der Waals surface area contributed by atoms with Crippen LogP contribution in [0.15, 0.2) is 47.8 Å². The average Bonchev–Trinajstić information content (AvgIpc) is 3.50. The van der Waals surface area contributed by atoms with Crippen LogP contribution in [0.4, 0.5) is 13.2 Å². The summed E-state index contributed by atoms with van der Waals surface area (Å²) in [7, 11) is 0. The van der Waals surface area contributed by atoms with Crippen LogP contribution < -0.4 is 0 Å². The first kappa shape index (κ1) is 24.5. The molecule has 36 heavy (non-hydrogen) atoms. The first-order valence-corrected chi connectivity index (χ1v) is 12.9. The van der Waals surface area contributed by atoms with Crippen molar-refractivity contribution >= 4 is 44.8 Å². The van der Waals surface area contributed by atoms with Crippen molar-refractivity contribution in [2.24, 2.45) is 0 Å². The summed E-state index contributed by atoms with van der Waals surface area (Å²) in [6.07, 6.45) is -5.01. The van der Waals surface area contributed by atoms with Crippen molar-refractivity contribution < 1.29 is 27.5 Å². The first-order valence-electron chi connectivity index (χ1n) is 11.2. The highest BCUT2D eigenvalue weighted by molar-refractivity contribution is 7.20. The molecule has 4 aromatic rings. The van der Waals surface area contributed by atoms with E-state index >= 15 is 0 Å². The number of alkyl halides is 3. The van der Waals surface area contributed by atoms with Crippen molar-refractivity contribution in [3.63, 3.8) is 0 Å². The van der Waals surface area contributed by atoms with E-state index in [4.69, 9.17) is 4.74 Å². The summed E-state index contributed by atoms with van der Waals surface area (Å²) in [6, 6.07) is 12.3. The molecule has 1 atom stereocenters. The van der Waals surface area contributed by atoms with Gasteiger partial charge in [-0.05, 0) is 54.5 Å². The maximum atomic E-state index is 14.0. The van der Waals surface area contributed by atoms with E-state index in [0.717, 1.165) is 23.0 Å². The van der Waals surface area contributed by atoms with Gasteiger partial charge in [0.15, 0.2) is 6.10 Å². The Morgan fingerprint density at radius 3 is 2.58 bits per heavy atom. The summed E-state index contributed by atoms with van der Waals surface area (Å²) >= 11 is 2.13. The summed E-state index contributed by atoms with van der Waals surface area (Å²) in [5.74, 6) is -1.18. The van der Waals surface area contributed by atoms with Gasteiger partial charge in [0.05, 0.1) is 16.1 Å². The van der Waals surface area contributed by atoms with Crippen molar-refractivity contribution in [2.75, 3.05) is 6.54 Å². The second-order valence-corrected chi connectivity index (χ2v) is 10.5. The molecule has 0 bridgehead atoms. The van der Waals surface area contributed by atoms with Crippen molar-refractivity contribution in [2.45, 2.75) is 39.1 Å². The van der Waals surface area contributed by atoms with Gasteiger partial charge in [-0.2, -0.15) is 13.2 Å². The molecule has 4 heterocycles. The quantitative estimate of drug-likeness (QED) is 0.283. The van der Waals surface area contributed by atoms with Gasteiger partial charge >= 0.3 is 12.1 Å². The zero-order chi connectivity index (χ0) is 25.6. The van der Waals surface area contributed by atoms with Gasteiger partial charge in [-0.3, -0.25) is 4.79 Å². The Morgan fingerprint density at radius 1 is 1.14 bits per heavy atom. The molecule has 0 fully saturated rings. The highest BCUT2D eigenvalue weighted by Gasteiger charge is 2.37. The number of pyridine rings is 1. The second kappa shape index (κ2) is 9.33. The molecule has 1 amide bonds. The third-order valence-electron chi connectivity index (χ3n) is 6.24. The first-order chi connectivity index (χ1) is 17.1. The van der Waals surface area contributed by atoms with Crippen LogP contribution in [0.1, 0.15) is 38.8 Å². The van der Waals surface area contributed by atoms with E-state index < -0.39 is 23.8 Å². The molecule has 1 aliphatic rings. The van der Waals surface area contributed by atoms with Crippen LogP contribution in [0.5, 0.6) is 0 Å². The standard InChI is InChI=1S/C26H21F3N2O3S2/c1-14-21-18(26(27,28)29)12-19(20-8-5-11-35-20)30-23(21)36-22(14)25(33)34-15(2)24(32)31-10-9-16-6-3-4-7-17(16)13-31/h3-8,11-12,15H,9-10,13H2,1-2H3/t15-/m0/s1.